The van der Waals surface area contributed by atoms with E-state index in [1.807, 2.05) is 19.0 Å². The van der Waals surface area contributed by atoms with Crippen molar-refractivity contribution in [3.05, 3.63) is 54.1 Å². The van der Waals surface area contributed by atoms with Crippen molar-refractivity contribution in [2.75, 3.05) is 47.6 Å². The fourth-order valence-electron chi connectivity index (χ4n) is 3.30. The summed E-state index contributed by atoms with van der Waals surface area (Å²) < 4.78 is 0. The molecule has 0 spiro atoms. The van der Waals surface area contributed by atoms with Gasteiger partial charge < -0.3 is 9.80 Å². The van der Waals surface area contributed by atoms with Gasteiger partial charge in [-0.1, -0.05) is 12.1 Å². The third kappa shape index (κ3) is 3.68. The smallest absolute Gasteiger partial charge is 0.238 e. The first kappa shape index (κ1) is 18.6. The van der Waals surface area contributed by atoms with Crippen molar-refractivity contribution in [1.29, 1.82) is 0 Å². The van der Waals surface area contributed by atoms with Crippen LogP contribution in [0.15, 0.2) is 48.5 Å². The van der Waals surface area contributed by atoms with Gasteiger partial charge in [-0.05, 0) is 55.8 Å². The Kier molecular flexibility index (Phi) is 5.77. The van der Waals surface area contributed by atoms with Crippen LogP contribution in [-0.4, -0.2) is 38.8 Å². The maximum atomic E-state index is 12.6. The fraction of sp³-hybridized carbons (Fsp3) is 0.381. The van der Waals surface area contributed by atoms with Gasteiger partial charge in [-0.15, -0.1) is 11.8 Å². The molecule has 2 aromatic rings. The van der Waals surface area contributed by atoms with E-state index in [9.17, 15) is 4.79 Å². The molecule has 1 heterocycles. The van der Waals surface area contributed by atoms with Crippen LogP contribution in [-0.2, 0) is 4.79 Å². The summed E-state index contributed by atoms with van der Waals surface area (Å²) in [6.45, 7) is 6.28. The lowest BCUT2D eigenvalue weighted by atomic mass is 10.1. The van der Waals surface area contributed by atoms with Gasteiger partial charge in [0.05, 0.1) is 5.75 Å². The fourth-order valence-corrected chi connectivity index (χ4v) is 4.48. The van der Waals surface area contributed by atoms with Crippen LogP contribution in [0.25, 0.3) is 0 Å². The Hall–Kier alpha value is -2.14. The van der Waals surface area contributed by atoms with Crippen molar-refractivity contribution >= 4 is 34.7 Å². The normalized spacial score (nSPS) is 16.8. The molecule has 5 heteroatoms. The lowest BCUT2D eigenvalue weighted by Crippen LogP contribution is -2.28. The molecule has 0 unspecified atom stereocenters. The Morgan fingerprint density at radius 1 is 0.962 bits per heavy atom. The number of nitrogens with zero attached hydrogens (tertiary/aromatic N) is 3. The van der Waals surface area contributed by atoms with E-state index in [0.717, 1.165) is 24.5 Å². The van der Waals surface area contributed by atoms with Gasteiger partial charge in [-0.2, -0.15) is 0 Å². The Bertz CT molecular complexity index is 739. The summed E-state index contributed by atoms with van der Waals surface area (Å²) >= 11 is 1.69. The monoisotopic (exact) mass is 369 g/mol. The Labute approximate surface area is 160 Å². The van der Waals surface area contributed by atoms with Crippen LogP contribution in [0.2, 0.25) is 0 Å². The predicted molar refractivity (Wildman–Crippen MR) is 113 cm³/mol. The zero-order chi connectivity index (χ0) is 18.7. The third-order valence-corrected chi connectivity index (χ3v) is 6.03. The summed E-state index contributed by atoms with van der Waals surface area (Å²) in [5.74, 6) is 0.699. The number of amides is 1. The third-order valence-electron chi connectivity index (χ3n) is 4.82. The second-order valence-electron chi connectivity index (χ2n) is 6.60. The molecule has 0 radical (unpaired) electrons. The SMILES string of the molecule is CCN(CC)c1ccc(N2C(=O)CS[C@@H]2c2ccc(N(C)C)cc2)cc1. The lowest BCUT2D eigenvalue weighted by Gasteiger charge is -2.26. The quantitative estimate of drug-likeness (QED) is 0.755. The summed E-state index contributed by atoms with van der Waals surface area (Å²) in [4.78, 5) is 18.9. The first-order valence-electron chi connectivity index (χ1n) is 9.11. The van der Waals surface area contributed by atoms with Gasteiger partial charge in [0, 0.05) is 44.2 Å². The largest absolute Gasteiger partial charge is 0.378 e. The second-order valence-corrected chi connectivity index (χ2v) is 7.67. The Morgan fingerprint density at radius 2 is 1.54 bits per heavy atom. The summed E-state index contributed by atoms with van der Waals surface area (Å²) in [6, 6.07) is 16.8. The van der Waals surface area contributed by atoms with E-state index in [2.05, 4.69) is 72.2 Å². The first-order valence-corrected chi connectivity index (χ1v) is 10.2. The highest BCUT2D eigenvalue weighted by atomic mass is 32.2. The van der Waals surface area contributed by atoms with Crippen molar-refractivity contribution in [2.24, 2.45) is 0 Å². The van der Waals surface area contributed by atoms with Crippen LogP contribution >= 0.6 is 11.8 Å². The van der Waals surface area contributed by atoms with E-state index in [0.29, 0.717) is 5.75 Å². The van der Waals surface area contributed by atoms with E-state index in [1.54, 1.807) is 11.8 Å². The number of thioether (sulfide) groups is 1. The van der Waals surface area contributed by atoms with E-state index < -0.39 is 0 Å². The molecular formula is C21H27N3OS. The van der Waals surface area contributed by atoms with E-state index in [4.69, 9.17) is 0 Å². The topological polar surface area (TPSA) is 26.8 Å². The second kappa shape index (κ2) is 8.04. The number of hydrogen-bond acceptors (Lipinski definition) is 4. The van der Waals surface area contributed by atoms with Crippen LogP contribution in [0.3, 0.4) is 0 Å². The van der Waals surface area contributed by atoms with E-state index >= 15 is 0 Å². The van der Waals surface area contributed by atoms with Gasteiger partial charge in [-0.25, -0.2) is 0 Å². The molecule has 3 rings (SSSR count). The van der Waals surface area contributed by atoms with Crippen LogP contribution < -0.4 is 14.7 Å². The van der Waals surface area contributed by atoms with Gasteiger partial charge in [0.25, 0.3) is 0 Å². The maximum Gasteiger partial charge on any atom is 0.238 e. The average Bonchev–Trinajstić information content (AvgIpc) is 3.05. The minimum absolute atomic E-state index is 0.0398. The molecule has 26 heavy (non-hydrogen) atoms. The van der Waals surface area contributed by atoms with Crippen molar-refractivity contribution in [1.82, 2.24) is 0 Å². The molecule has 2 aromatic carbocycles. The Morgan fingerprint density at radius 3 is 2.08 bits per heavy atom. The molecule has 1 fully saturated rings. The summed E-state index contributed by atoms with van der Waals surface area (Å²) in [5, 5.41) is 0.0398. The molecule has 1 aliphatic heterocycles. The molecule has 0 bridgehead atoms. The first-order chi connectivity index (χ1) is 12.5. The molecule has 0 saturated carbocycles. The van der Waals surface area contributed by atoms with Gasteiger partial charge in [0.2, 0.25) is 5.91 Å². The van der Waals surface area contributed by atoms with Crippen LogP contribution in [0.1, 0.15) is 24.8 Å². The maximum absolute atomic E-state index is 12.6. The van der Waals surface area contributed by atoms with Crippen molar-refractivity contribution in [3.63, 3.8) is 0 Å². The van der Waals surface area contributed by atoms with Crippen molar-refractivity contribution in [2.45, 2.75) is 19.2 Å². The molecule has 1 saturated heterocycles. The number of anilines is 3. The van der Waals surface area contributed by atoms with Crippen LogP contribution in [0.4, 0.5) is 17.1 Å². The molecule has 1 atom stereocenters. The van der Waals surface area contributed by atoms with Gasteiger partial charge in [-0.3, -0.25) is 9.69 Å². The number of benzene rings is 2. The minimum atomic E-state index is 0.0398. The molecule has 1 aliphatic rings. The molecule has 1 amide bonds. The highest BCUT2D eigenvalue weighted by molar-refractivity contribution is 8.00. The standard InChI is InChI=1S/C21H27N3OS/c1-5-23(6-2)18-11-13-19(14-12-18)24-20(25)15-26-21(24)16-7-9-17(10-8-16)22(3)4/h7-14,21H,5-6,15H2,1-4H3/t21-/m1/s1. The number of hydrogen-bond donors (Lipinski definition) is 0. The number of rotatable bonds is 6. The Balaban J connectivity index is 1.86. The zero-order valence-electron chi connectivity index (χ0n) is 16.0. The van der Waals surface area contributed by atoms with Gasteiger partial charge >= 0.3 is 0 Å². The molecule has 0 N–H and O–H groups in total. The average molecular weight is 370 g/mol. The number of carbonyl (C=O) groups excluding carboxylic acids is 1. The van der Waals surface area contributed by atoms with Gasteiger partial charge in [0.15, 0.2) is 0 Å². The highest BCUT2D eigenvalue weighted by Gasteiger charge is 2.34. The highest BCUT2D eigenvalue weighted by Crippen LogP contribution is 2.42. The molecule has 4 nitrogen and oxygen atoms in total. The predicted octanol–water partition coefficient (Wildman–Crippen LogP) is 4.38. The number of carbonyl (C=O) groups is 1. The summed E-state index contributed by atoms with van der Waals surface area (Å²) in [5.41, 5.74) is 4.50. The van der Waals surface area contributed by atoms with Gasteiger partial charge in [0.1, 0.15) is 5.37 Å². The zero-order valence-corrected chi connectivity index (χ0v) is 16.8. The molecule has 138 valence electrons. The van der Waals surface area contributed by atoms with Crippen LogP contribution in [0, 0.1) is 0 Å². The van der Waals surface area contributed by atoms with E-state index in [1.165, 1.54) is 11.3 Å². The molecular weight excluding hydrogens is 342 g/mol. The lowest BCUT2D eigenvalue weighted by molar-refractivity contribution is -0.115. The van der Waals surface area contributed by atoms with Crippen molar-refractivity contribution in [3.8, 4) is 0 Å². The summed E-state index contributed by atoms with van der Waals surface area (Å²) in [6.07, 6.45) is 0. The van der Waals surface area contributed by atoms with E-state index in [-0.39, 0.29) is 11.3 Å². The van der Waals surface area contributed by atoms with Crippen LogP contribution in [0.5, 0.6) is 0 Å². The van der Waals surface area contributed by atoms with Crippen molar-refractivity contribution < 1.29 is 4.79 Å². The minimum Gasteiger partial charge on any atom is -0.378 e. The molecule has 0 aliphatic carbocycles. The summed E-state index contributed by atoms with van der Waals surface area (Å²) in [7, 11) is 4.07. The molecule has 0 aromatic heterocycles.